The lowest BCUT2D eigenvalue weighted by Gasteiger charge is -2.35. The van der Waals surface area contributed by atoms with E-state index in [0.717, 1.165) is 12.8 Å². The molecule has 5 heteroatoms. The first kappa shape index (κ1) is 12.0. The summed E-state index contributed by atoms with van der Waals surface area (Å²) in [4.78, 5) is 20.0. The molecule has 1 fully saturated rings. The van der Waals surface area contributed by atoms with Crippen molar-refractivity contribution in [2.75, 3.05) is 0 Å². The molecule has 0 aliphatic heterocycles. The highest BCUT2D eigenvalue weighted by Gasteiger charge is 2.45. The van der Waals surface area contributed by atoms with Gasteiger partial charge >= 0.3 is 5.97 Å². The molecule has 0 radical (unpaired) electrons. The van der Waals surface area contributed by atoms with Gasteiger partial charge in [-0.3, -0.25) is 14.8 Å². The van der Waals surface area contributed by atoms with E-state index in [9.17, 15) is 9.90 Å². The quantitative estimate of drug-likeness (QED) is 0.798. The van der Waals surface area contributed by atoms with E-state index in [2.05, 4.69) is 9.97 Å². The van der Waals surface area contributed by atoms with Gasteiger partial charge in [-0.2, -0.15) is 0 Å². The maximum absolute atomic E-state index is 11.6. The number of hydrogen-bond acceptors (Lipinski definition) is 4. The summed E-state index contributed by atoms with van der Waals surface area (Å²) in [7, 11) is 0. The summed E-state index contributed by atoms with van der Waals surface area (Å²) in [5.74, 6) is -0.812. The molecule has 0 amide bonds. The van der Waals surface area contributed by atoms with E-state index in [1.165, 1.54) is 0 Å². The van der Waals surface area contributed by atoms with Crippen molar-refractivity contribution >= 4 is 5.97 Å². The highest BCUT2D eigenvalue weighted by Crippen LogP contribution is 2.39. The minimum absolute atomic E-state index is 0.111. The van der Waals surface area contributed by atoms with Crippen LogP contribution in [0, 0.1) is 6.92 Å². The van der Waals surface area contributed by atoms with Crippen LogP contribution >= 0.6 is 0 Å². The maximum atomic E-state index is 11.6. The first-order valence-corrected chi connectivity index (χ1v) is 5.83. The first-order valence-electron chi connectivity index (χ1n) is 5.83. The third-order valence-corrected chi connectivity index (χ3v) is 3.63. The van der Waals surface area contributed by atoms with Crippen LogP contribution in [0.4, 0.5) is 0 Å². The zero-order chi connectivity index (χ0) is 12.5. The number of nitrogens with two attached hydrogens (primary N) is 1. The summed E-state index contributed by atoms with van der Waals surface area (Å²) in [6, 6.07) is 0.111. The van der Waals surface area contributed by atoms with Gasteiger partial charge in [0.25, 0.3) is 0 Å². The Hall–Kier alpha value is -1.49. The molecular formula is C12H17N3O2. The predicted molar refractivity (Wildman–Crippen MR) is 62.5 cm³/mol. The zero-order valence-corrected chi connectivity index (χ0v) is 9.89. The minimum Gasteiger partial charge on any atom is -0.481 e. The Balaban J connectivity index is 2.42. The van der Waals surface area contributed by atoms with Crippen molar-refractivity contribution in [2.45, 2.75) is 44.1 Å². The lowest BCUT2D eigenvalue weighted by molar-refractivity contribution is -0.145. The topological polar surface area (TPSA) is 89.1 Å². The van der Waals surface area contributed by atoms with Gasteiger partial charge in [-0.15, -0.1) is 0 Å². The number of rotatable bonds is 2. The van der Waals surface area contributed by atoms with Crippen molar-refractivity contribution in [2.24, 2.45) is 5.73 Å². The van der Waals surface area contributed by atoms with Gasteiger partial charge in [0.15, 0.2) is 0 Å². The Morgan fingerprint density at radius 1 is 1.41 bits per heavy atom. The Labute approximate surface area is 100 Å². The van der Waals surface area contributed by atoms with Crippen LogP contribution in [-0.2, 0) is 10.2 Å². The van der Waals surface area contributed by atoms with Crippen LogP contribution in [0.3, 0.4) is 0 Å². The lowest BCUT2D eigenvalue weighted by Crippen LogP contribution is -2.44. The van der Waals surface area contributed by atoms with E-state index in [4.69, 9.17) is 5.73 Å². The van der Waals surface area contributed by atoms with Gasteiger partial charge < -0.3 is 10.8 Å². The molecule has 0 saturated heterocycles. The number of carboxylic acid groups (broad SMARTS) is 1. The summed E-state index contributed by atoms with van der Waals surface area (Å²) in [6.07, 6.45) is 5.68. The van der Waals surface area contributed by atoms with Gasteiger partial charge in [0.2, 0.25) is 0 Å². The highest BCUT2D eigenvalue weighted by atomic mass is 16.4. The molecule has 1 aromatic rings. The summed E-state index contributed by atoms with van der Waals surface area (Å²) in [6.45, 7) is 1.81. The van der Waals surface area contributed by atoms with E-state index < -0.39 is 11.4 Å². The van der Waals surface area contributed by atoms with E-state index in [-0.39, 0.29) is 6.04 Å². The van der Waals surface area contributed by atoms with Gasteiger partial charge in [0, 0.05) is 18.4 Å². The van der Waals surface area contributed by atoms with Crippen LogP contribution in [-0.4, -0.2) is 27.1 Å². The molecule has 1 aliphatic carbocycles. The second kappa shape index (κ2) is 4.41. The van der Waals surface area contributed by atoms with Crippen LogP contribution < -0.4 is 5.73 Å². The molecule has 0 aromatic carbocycles. The second-order valence-corrected chi connectivity index (χ2v) is 4.72. The average Bonchev–Trinajstić information content (AvgIpc) is 2.31. The monoisotopic (exact) mass is 235 g/mol. The fourth-order valence-corrected chi connectivity index (χ4v) is 2.56. The molecule has 0 bridgehead atoms. The summed E-state index contributed by atoms with van der Waals surface area (Å²) in [5.41, 5.74) is 6.24. The molecule has 3 N–H and O–H groups in total. The van der Waals surface area contributed by atoms with Crippen molar-refractivity contribution in [3.63, 3.8) is 0 Å². The number of carbonyl (C=O) groups is 1. The largest absolute Gasteiger partial charge is 0.481 e. The molecule has 1 aliphatic rings. The molecule has 0 unspecified atom stereocenters. The fourth-order valence-electron chi connectivity index (χ4n) is 2.56. The van der Waals surface area contributed by atoms with E-state index in [1.807, 2.05) is 6.92 Å². The Bertz CT molecular complexity index is 426. The maximum Gasteiger partial charge on any atom is 0.315 e. The smallest absolute Gasteiger partial charge is 0.315 e. The minimum atomic E-state index is -0.895. The molecule has 5 nitrogen and oxygen atoms in total. The molecule has 1 saturated carbocycles. The molecule has 2 rings (SSSR count). The van der Waals surface area contributed by atoms with Crippen molar-refractivity contribution in [1.82, 2.24) is 9.97 Å². The predicted octanol–water partition coefficient (Wildman–Crippen LogP) is 1.01. The fraction of sp³-hybridized carbons (Fsp3) is 0.583. The average molecular weight is 235 g/mol. The van der Waals surface area contributed by atoms with E-state index in [0.29, 0.717) is 24.2 Å². The van der Waals surface area contributed by atoms with Crippen LogP contribution in [0.5, 0.6) is 0 Å². The lowest BCUT2D eigenvalue weighted by atomic mass is 9.70. The molecule has 92 valence electrons. The second-order valence-electron chi connectivity index (χ2n) is 4.72. The van der Waals surface area contributed by atoms with Gasteiger partial charge in [0.1, 0.15) is 5.41 Å². The summed E-state index contributed by atoms with van der Waals surface area (Å²) in [5, 5.41) is 9.54. The zero-order valence-electron chi connectivity index (χ0n) is 9.89. The van der Waals surface area contributed by atoms with Gasteiger partial charge in [-0.05, 0) is 32.6 Å². The number of hydrogen-bond donors (Lipinski definition) is 2. The Kier molecular flexibility index (Phi) is 3.11. The van der Waals surface area contributed by atoms with Crippen LogP contribution in [0.15, 0.2) is 12.4 Å². The number of aryl methyl sites for hydroxylation is 1. The molecule has 0 atom stereocenters. The molecule has 1 aromatic heterocycles. The summed E-state index contributed by atoms with van der Waals surface area (Å²) >= 11 is 0. The van der Waals surface area contributed by atoms with E-state index in [1.54, 1.807) is 12.4 Å². The third kappa shape index (κ3) is 2.02. The van der Waals surface area contributed by atoms with Gasteiger partial charge in [0.05, 0.1) is 11.4 Å². The normalized spacial score (nSPS) is 28.9. The van der Waals surface area contributed by atoms with Crippen LogP contribution in [0.1, 0.15) is 37.1 Å². The molecule has 1 heterocycles. The number of nitrogens with zero attached hydrogens (tertiary/aromatic N) is 2. The first-order chi connectivity index (χ1) is 8.06. The van der Waals surface area contributed by atoms with Crippen molar-refractivity contribution in [3.05, 3.63) is 23.8 Å². The van der Waals surface area contributed by atoms with Gasteiger partial charge in [-0.25, -0.2) is 0 Å². The SMILES string of the molecule is Cc1nccnc1C1(C(=O)O)CCC(N)CC1. The summed E-state index contributed by atoms with van der Waals surface area (Å²) < 4.78 is 0. The van der Waals surface area contributed by atoms with Crippen LogP contribution in [0.2, 0.25) is 0 Å². The molecular weight excluding hydrogens is 218 g/mol. The molecule has 0 spiro atoms. The van der Waals surface area contributed by atoms with E-state index >= 15 is 0 Å². The van der Waals surface area contributed by atoms with Crippen molar-refractivity contribution in [1.29, 1.82) is 0 Å². The van der Waals surface area contributed by atoms with Crippen molar-refractivity contribution < 1.29 is 9.90 Å². The standard InChI is InChI=1S/C12H17N3O2/c1-8-10(15-7-6-14-8)12(11(16)17)4-2-9(13)3-5-12/h6-7,9H,2-5,13H2,1H3,(H,16,17). The van der Waals surface area contributed by atoms with Crippen LogP contribution in [0.25, 0.3) is 0 Å². The Morgan fingerprint density at radius 2 is 2.00 bits per heavy atom. The third-order valence-electron chi connectivity index (χ3n) is 3.63. The molecule has 17 heavy (non-hydrogen) atoms. The number of aromatic nitrogens is 2. The van der Waals surface area contributed by atoms with Crippen molar-refractivity contribution in [3.8, 4) is 0 Å². The Morgan fingerprint density at radius 3 is 2.53 bits per heavy atom. The number of carboxylic acids is 1. The van der Waals surface area contributed by atoms with Gasteiger partial charge in [-0.1, -0.05) is 0 Å². The number of aliphatic carboxylic acids is 1. The highest BCUT2D eigenvalue weighted by molar-refractivity contribution is 5.81.